The van der Waals surface area contributed by atoms with E-state index < -0.39 is 23.6 Å². The van der Waals surface area contributed by atoms with Gasteiger partial charge in [-0.15, -0.1) is 0 Å². The standard InChI is InChI=1S/C21H18F2N4O3/c1-30-11-16-19(12-5-3-2-4-6-12)20-25-18(28)10-17(27(20)26-16)21(29)24-15-8-7-13(22)9-14(15)23/h2-9,17H,10-11H2,1H3,(H,24,29)(H,25,28)/t17-/m0/s1. The van der Waals surface area contributed by atoms with Crippen LogP contribution in [0, 0.1) is 11.6 Å². The first kappa shape index (κ1) is 19.7. The second-order valence-electron chi connectivity index (χ2n) is 6.80. The molecule has 0 bridgehead atoms. The summed E-state index contributed by atoms with van der Waals surface area (Å²) >= 11 is 0. The fourth-order valence-corrected chi connectivity index (χ4v) is 3.43. The predicted molar refractivity (Wildman–Crippen MR) is 106 cm³/mol. The van der Waals surface area contributed by atoms with Crippen molar-refractivity contribution in [3.05, 3.63) is 65.9 Å². The van der Waals surface area contributed by atoms with Crippen molar-refractivity contribution < 1.29 is 23.1 Å². The van der Waals surface area contributed by atoms with Crippen LogP contribution in [0.5, 0.6) is 0 Å². The van der Waals surface area contributed by atoms with E-state index in [2.05, 4.69) is 15.7 Å². The summed E-state index contributed by atoms with van der Waals surface area (Å²) in [6.07, 6.45) is -0.177. The Morgan fingerprint density at radius 3 is 2.73 bits per heavy atom. The highest BCUT2D eigenvalue weighted by Gasteiger charge is 2.35. The maximum atomic E-state index is 14.0. The first-order valence-electron chi connectivity index (χ1n) is 9.19. The van der Waals surface area contributed by atoms with Gasteiger partial charge in [0, 0.05) is 18.7 Å². The molecule has 154 valence electrons. The molecule has 2 heterocycles. The molecule has 1 aromatic heterocycles. The average molecular weight is 412 g/mol. The van der Waals surface area contributed by atoms with E-state index in [9.17, 15) is 18.4 Å². The van der Waals surface area contributed by atoms with E-state index >= 15 is 0 Å². The molecule has 4 rings (SSSR count). The molecule has 1 aliphatic heterocycles. The molecule has 0 saturated heterocycles. The Labute approximate surface area is 170 Å². The van der Waals surface area contributed by atoms with Crippen molar-refractivity contribution in [2.75, 3.05) is 17.7 Å². The van der Waals surface area contributed by atoms with Crippen LogP contribution in [0.3, 0.4) is 0 Å². The second-order valence-corrected chi connectivity index (χ2v) is 6.80. The average Bonchev–Trinajstić information content (AvgIpc) is 3.08. The number of carbonyl (C=O) groups excluding carboxylic acids is 2. The number of aromatic nitrogens is 2. The number of hydrogen-bond donors (Lipinski definition) is 2. The zero-order chi connectivity index (χ0) is 21.3. The zero-order valence-corrected chi connectivity index (χ0v) is 16.0. The molecule has 7 nitrogen and oxygen atoms in total. The first-order chi connectivity index (χ1) is 14.5. The molecule has 1 atom stereocenters. The lowest BCUT2D eigenvalue weighted by molar-refractivity contribution is -0.125. The number of benzene rings is 2. The number of amides is 2. The fourth-order valence-electron chi connectivity index (χ4n) is 3.43. The van der Waals surface area contributed by atoms with E-state index in [1.807, 2.05) is 30.3 Å². The Kier molecular flexibility index (Phi) is 5.28. The molecular formula is C21H18F2N4O3. The molecule has 0 radical (unpaired) electrons. The summed E-state index contributed by atoms with van der Waals surface area (Å²) in [5.74, 6) is -2.31. The fraction of sp³-hybridized carbons (Fsp3) is 0.190. The van der Waals surface area contributed by atoms with Crippen LogP contribution in [0.25, 0.3) is 11.1 Å². The largest absolute Gasteiger partial charge is 0.378 e. The number of rotatable bonds is 5. The van der Waals surface area contributed by atoms with Crippen molar-refractivity contribution >= 4 is 23.3 Å². The lowest BCUT2D eigenvalue weighted by Crippen LogP contribution is -2.36. The van der Waals surface area contributed by atoms with Gasteiger partial charge in [0.15, 0.2) is 0 Å². The number of hydrogen-bond acceptors (Lipinski definition) is 4. The molecule has 0 fully saturated rings. The Balaban J connectivity index is 1.74. The number of fused-ring (bicyclic) bond motifs is 1. The van der Waals surface area contributed by atoms with Gasteiger partial charge >= 0.3 is 0 Å². The van der Waals surface area contributed by atoms with Gasteiger partial charge in [0.05, 0.1) is 24.4 Å². The minimum atomic E-state index is -1.01. The third-order valence-corrected chi connectivity index (χ3v) is 4.75. The number of methoxy groups -OCH3 is 1. The molecule has 0 aliphatic carbocycles. The number of nitrogens with zero attached hydrogens (tertiary/aromatic N) is 2. The summed E-state index contributed by atoms with van der Waals surface area (Å²) in [7, 11) is 1.52. The van der Waals surface area contributed by atoms with Gasteiger partial charge in [0.1, 0.15) is 23.5 Å². The summed E-state index contributed by atoms with van der Waals surface area (Å²) in [6, 6.07) is 11.1. The Bertz CT molecular complexity index is 1110. The van der Waals surface area contributed by atoms with Crippen LogP contribution in [0.2, 0.25) is 0 Å². The van der Waals surface area contributed by atoms with Crippen molar-refractivity contribution in [2.45, 2.75) is 19.1 Å². The first-order valence-corrected chi connectivity index (χ1v) is 9.19. The van der Waals surface area contributed by atoms with Crippen LogP contribution in [0.15, 0.2) is 48.5 Å². The molecule has 9 heteroatoms. The Morgan fingerprint density at radius 1 is 1.27 bits per heavy atom. The highest BCUT2D eigenvalue weighted by molar-refractivity contribution is 6.03. The number of nitrogens with one attached hydrogen (secondary N) is 2. The van der Waals surface area contributed by atoms with Crippen LogP contribution < -0.4 is 10.6 Å². The molecule has 0 spiro atoms. The van der Waals surface area contributed by atoms with Gasteiger partial charge in [-0.1, -0.05) is 30.3 Å². The van der Waals surface area contributed by atoms with Crippen LogP contribution in [-0.2, 0) is 20.9 Å². The van der Waals surface area contributed by atoms with Crippen molar-refractivity contribution in [3.8, 4) is 11.1 Å². The third kappa shape index (κ3) is 3.67. The van der Waals surface area contributed by atoms with Gasteiger partial charge in [-0.2, -0.15) is 5.10 Å². The summed E-state index contributed by atoms with van der Waals surface area (Å²) in [6.45, 7) is 0.168. The number of ether oxygens (including phenoxy) is 1. The maximum Gasteiger partial charge on any atom is 0.249 e. The molecule has 2 amide bonds. The summed E-state index contributed by atoms with van der Waals surface area (Å²) in [5, 5.41) is 9.69. The lowest BCUT2D eigenvalue weighted by Gasteiger charge is -2.24. The van der Waals surface area contributed by atoms with E-state index in [0.29, 0.717) is 23.1 Å². The number of carbonyl (C=O) groups is 2. The smallest absolute Gasteiger partial charge is 0.249 e. The Hall–Kier alpha value is -3.59. The van der Waals surface area contributed by atoms with Crippen molar-refractivity contribution in [1.82, 2.24) is 9.78 Å². The number of anilines is 2. The van der Waals surface area contributed by atoms with E-state index in [1.165, 1.54) is 11.8 Å². The highest BCUT2D eigenvalue weighted by Crippen LogP contribution is 2.37. The second kappa shape index (κ2) is 8.03. The molecule has 2 aromatic carbocycles. The van der Waals surface area contributed by atoms with Gasteiger partial charge in [-0.3, -0.25) is 9.59 Å². The van der Waals surface area contributed by atoms with Crippen molar-refractivity contribution in [2.24, 2.45) is 0 Å². The van der Waals surface area contributed by atoms with Crippen LogP contribution in [0.4, 0.5) is 20.3 Å². The monoisotopic (exact) mass is 412 g/mol. The van der Waals surface area contributed by atoms with Gasteiger partial charge in [-0.25, -0.2) is 13.5 Å². The van der Waals surface area contributed by atoms with E-state index in [0.717, 1.165) is 17.7 Å². The van der Waals surface area contributed by atoms with Crippen LogP contribution >= 0.6 is 0 Å². The van der Waals surface area contributed by atoms with Crippen molar-refractivity contribution in [1.29, 1.82) is 0 Å². The SMILES string of the molecule is COCc1nn2c(c1-c1ccccc1)NC(=O)C[C@H]2C(=O)Nc1ccc(F)cc1F. The zero-order valence-electron chi connectivity index (χ0n) is 16.0. The predicted octanol–water partition coefficient (Wildman–Crippen LogP) is 3.50. The number of halogens is 2. The quantitative estimate of drug-likeness (QED) is 0.672. The van der Waals surface area contributed by atoms with Gasteiger partial charge in [-0.05, 0) is 17.7 Å². The molecule has 30 heavy (non-hydrogen) atoms. The van der Waals surface area contributed by atoms with Gasteiger partial charge < -0.3 is 15.4 Å². The summed E-state index contributed by atoms with van der Waals surface area (Å²) < 4.78 is 33.8. The molecule has 2 N–H and O–H groups in total. The molecule has 0 unspecified atom stereocenters. The van der Waals surface area contributed by atoms with E-state index in [-0.39, 0.29) is 24.6 Å². The third-order valence-electron chi connectivity index (χ3n) is 4.75. The minimum Gasteiger partial charge on any atom is -0.378 e. The van der Waals surface area contributed by atoms with Gasteiger partial charge in [0.25, 0.3) is 0 Å². The van der Waals surface area contributed by atoms with Gasteiger partial charge in [0.2, 0.25) is 11.8 Å². The normalized spacial score (nSPS) is 15.4. The topological polar surface area (TPSA) is 85.2 Å². The summed E-state index contributed by atoms with van der Waals surface area (Å²) in [4.78, 5) is 25.3. The van der Waals surface area contributed by atoms with E-state index in [4.69, 9.17) is 4.74 Å². The van der Waals surface area contributed by atoms with Crippen molar-refractivity contribution in [3.63, 3.8) is 0 Å². The van der Waals surface area contributed by atoms with Crippen LogP contribution in [-0.4, -0.2) is 28.7 Å². The maximum absolute atomic E-state index is 14.0. The lowest BCUT2D eigenvalue weighted by atomic mass is 10.0. The minimum absolute atomic E-state index is 0.168. The highest BCUT2D eigenvalue weighted by atomic mass is 19.1. The van der Waals surface area contributed by atoms with E-state index in [1.54, 1.807) is 0 Å². The molecule has 0 saturated carbocycles. The van der Waals surface area contributed by atoms with Crippen LogP contribution in [0.1, 0.15) is 18.2 Å². The Morgan fingerprint density at radius 2 is 2.03 bits per heavy atom. The molecular weight excluding hydrogens is 394 g/mol. The summed E-state index contributed by atoms with van der Waals surface area (Å²) in [5.41, 5.74) is 1.82. The molecule has 1 aliphatic rings. The molecule has 3 aromatic rings.